The summed E-state index contributed by atoms with van der Waals surface area (Å²) in [5, 5.41) is 8.95. The molecular weight excluding hydrogens is 268 g/mol. The van der Waals surface area contributed by atoms with E-state index in [1.54, 1.807) is 37.0 Å². The van der Waals surface area contributed by atoms with Gasteiger partial charge in [0.1, 0.15) is 11.6 Å². The van der Waals surface area contributed by atoms with Gasteiger partial charge in [0.05, 0.1) is 19.9 Å². The minimum absolute atomic E-state index is 0.140. The molecule has 2 rings (SSSR count). The average Bonchev–Trinajstić information content (AvgIpc) is 2.53. The topological polar surface area (TPSA) is 64.2 Å². The highest BCUT2D eigenvalue weighted by Crippen LogP contribution is 2.31. The molecule has 0 saturated carbocycles. The maximum atomic E-state index is 12.2. The predicted molar refractivity (Wildman–Crippen MR) is 79.6 cm³/mol. The normalized spacial score (nSPS) is 10.0. The summed E-state index contributed by atoms with van der Waals surface area (Å²) in [5.41, 5.74) is 1.42. The van der Waals surface area contributed by atoms with Crippen LogP contribution in [0.25, 0.3) is 11.3 Å². The Kier molecular flexibility index (Phi) is 4.29. The van der Waals surface area contributed by atoms with Gasteiger partial charge in [-0.3, -0.25) is 4.79 Å². The van der Waals surface area contributed by atoms with Gasteiger partial charge in [-0.1, -0.05) is 0 Å². The number of nitrogens with zero attached hydrogens (tertiary/aromatic N) is 2. The number of pyridine rings is 1. The van der Waals surface area contributed by atoms with Gasteiger partial charge in [-0.05, 0) is 37.3 Å². The molecule has 1 aromatic heterocycles. The van der Waals surface area contributed by atoms with Crippen LogP contribution < -0.4 is 15.0 Å². The van der Waals surface area contributed by atoms with Gasteiger partial charge in [-0.15, -0.1) is 0 Å². The highest BCUT2D eigenvalue weighted by molar-refractivity contribution is 5.65. The van der Waals surface area contributed by atoms with E-state index in [1.807, 2.05) is 25.1 Å². The number of benzene rings is 1. The molecule has 0 aliphatic heterocycles. The summed E-state index contributed by atoms with van der Waals surface area (Å²) in [6.07, 6.45) is 0. The lowest BCUT2D eigenvalue weighted by atomic mass is 10.1. The van der Waals surface area contributed by atoms with Gasteiger partial charge in [-0.2, -0.15) is 5.26 Å². The van der Waals surface area contributed by atoms with Gasteiger partial charge in [0.2, 0.25) is 0 Å². The van der Waals surface area contributed by atoms with Gasteiger partial charge in [-0.25, -0.2) is 0 Å². The van der Waals surface area contributed by atoms with Crippen molar-refractivity contribution < 1.29 is 9.47 Å². The van der Waals surface area contributed by atoms with E-state index in [-0.39, 0.29) is 11.1 Å². The minimum Gasteiger partial charge on any atom is -0.493 e. The molecule has 0 aliphatic carbocycles. The first kappa shape index (κ1) is 14.7. The number of ether oxygens (including phenoxy) is 2. The summed E-state index contributed by atoms with van der Waals surface area (Å²) >= 11 is 0. The van der Waals surface area contributed by atoms with E-state index in [2.05, 4.69) is 0 Å². The van der Waals surface area contributed by atoms with Gasteiger partial charge < -0.3 is 14.0 Å². The fourth-order valence-electron chi connectivity index (χ4n) is 2.22. The second-order valence-electron chi connectivity index (χ2n) is 4.36. The third-order valence-corrected chi connectivity index (χ3v) is 3.29. The molecule has 0 aliphatic rings. The van der Waals surface area contributed by atoms with Crippen molar-refractivity contribution >= 4 is 0 Å². The number of hydrogen-bond acceptors (Lipinski definition) is 4. The fraction of sp³-hybridized carbons (Fsp3) is 0.250. The minimum atomic E-state index is -0.285. The Hall–Kier alpha value is -2.74. The van der Waals surface area contributed by atoms with Crippen LogP contribution in [0.5, 0.6) is 11.5 Å². The predicted octanol–water partition coefficient (Wildman–Crippen LogP) is 2.42. The van der Waals surface area contributed by atoms with Gasteiger partial charge in [0.15, 0.2) is 11.5 Å². The molecule has 0 saturated heterocycles. The summed E-state index contributed by atoms with van der Waals surface area (Å²) in [4.78, 5) is 12.2. The van der Waals surface area contributed by atoms with Crippen LogP contribution in [-0.2, 0) is 6.54 Å². The monoisotopic (exact) mass is 284 g/mol. The molecule has 0 N–H and O–H groups in total. The first-order valence-electron chi connectivity index (χ1n) is 6.52. The van der Waals surface area contributed by atoms with Crippen molar-refractivity contribution in [2.75, 3.05) is 14.2 Å². The lowest BCUT2D eigenvalue weighted by Crippen LogP contribution is -2.23. The van der Waals surface area contributed by atoms with E-state index >= 15 is 0 Å². The van der Waals surface area contributed by atoms with Crippen molar-refractivity contribution in [1.29, 1.82) is 5.26 Å². The zero-order chi connectivity index (χ0) is 15.4. The Morgan fingerprint density at radius 1 is 1.14 bits per heavy atom. The maximum Gasteiger partial charge on any atom is 0.268 e. The van der Waals surface area contributed by atoms with Crippen molar-refractivity contribution in [2.24, 2.45) is 0 Å². The number of nitriles is 1. The van der Waals surface area contributed by atoms with E-state index in [9.17, 15) is 4.79 Å². The van der Waals surface area contributed by atoms with Crippen LogP contribution in [0.2, 0.25) is 0 Å². The summed E-state index contributed by atoms with van der Waals surface area (Å²) in [6, 6.07) is 10.7. The Morgan fingerprint density at radius 2 is 1.86 bits per heavy atom. The SMILES string of the molecule is CCn1c(-c2ccc(OC)c(OC)c2)ccc(C#N)c1=O. The van der Waals surface area contributed by atoms with Crippen LogP contribution in [0.3, 0.4) is 0 Å². The van der Waals surface area contributed by atoms with Crippen molar-refractivity contribution in [3.05, 3.63) is 46.2 Å². The van der Waals surface area contributed by atoms with Crippen molar-refractivity contribution in [3.63, 3.8) is 0 Å². The highest BCUT2D eigenvalue weighted by Gasteiger charge is 2.11. The van der Waals surface area contributed by atoms with Gasteiger partial charge in [0.25, 0.3) is 5.56 Å². The quantitative estimate of drug-likeness (QED) is 0.865. The maximum absolute atomic E-state index is 12.2. The number of hydrogen-bond donors (Lipinski definition) is 0. The van der Waals surface area contributed by atoms with Crippen LogP contribution in [0.1, 0.15) is 12.5 Å². The van der Waals surface area contributed by atoms with Crippen LogP contribution in [0.4, 0.5) is 0 Å². The van der Waals surface area contributed by atoms with Gasteiger partial charge >= 0.3 is 0 Å². The summed E-state index contributed by atoms with van der Waals surface area (Å²) < 4.78 is 12.1. The molecule has 0 radical (unpaired) electrons. The third-order valence-electron chi connectivity index (χ3n) is 3.29. The molecule has 1 aromatic carbocycles. The summed E-state index contributed by atoms with van der Waals surface area (Å²) in [6.45, 7) is 2.35. The van der Waals surface area contributed by atoms with Crippen LogP contribution in [0.15, 0.2) is 35.1 Å². The molecule has 0 amide bonds. The summed E-state index contributed by atoms with van der Waals surface area (Å²) in [7, 11) is 3.13. The lowest BCUT2D eigenvalue weighted by Gasteiger charge is -2.14. The zero-order valence-electron chi connectivity index (χ0n) is 12.2. The Morgan fingerprint density at radius 3 is 2.43 bits per heavy atom. The largest absolute Gasteiger partial charge is 0.493 e. The van der Waals surface area contributed by atoms with E-state index in [1.165, 1.54) is 0 Å². The molecule has 108 valence electrons. The molecular formula is C16H16N2O3. The first-order chi connectivity index (χ1) is 10.2. The standard InChI is InChI=1S/C16H16N2O3/c1-4-18-13(7-5-12(10-17)16(18)19)11-6-8-14(20-2)15(9-11)21-3/h5-9H,4H2,1-3H3. The second-order valence-corrected chi connectivity index (χ2v) is 4.36. The van der Waals surface area contributed by atoms with E-state index < -0.39 is 0 Å². The highest BCUT2D eigenvalue weighted by atomic mass is 16.5. The van der Waals surface area contributed by atoms with Crippen molar-refractivity contribution in [3.8, 4) is 28.8 Å². The van der Waals surface area contributed by atoms with Crippen molar-refractivity contribution in [1.82, 2.24) is 4.57 Å². The Labute approximate surface area is 123 Å². The molecule has 0 atom stereocenters. The van der Waals surface area contributed by atoms with Crippen LogP contribution >= 0.6 is 0 Å². The average molecular weight is 284 g/mol. The lowest BCUT2D eigenvalue weighted by molar-refractivity contribution is 0.355. The van der Waals surface area contributed by atoms with E-state index in [0.29, 0.717) is 18.0 Å². The Balaban J connectivity index is 2.65. The molecule has 5 heteroatoms. The summed E-state index contributed by atoms with van der Waals surface area (Å²) in [5.74, 6) is 1.22. The Bertz CT molecular complexity index is 757. The third kappa shape index (κ3) is 2.61. The van der Waals surface area contributed by atoms with E-state index in [0.717, 1.165) is 11.3 Å². The molecule has 0 unspecified atom stereocenters. The first-order valence-corrected chi connectivity index (χ1v) is 6.52. The second kappa shape index (κ2) is 6.14. The van der Waals surface area contributed by atoms with Gasteiger partial charge in [0, 0.05) is 12.1 Å². The molecule has 21 heavy (non-hydrogen) atoms. The fourth-order valence-corrected chi connectivity index (χ4v) is 2.22. The molecule has 0 bridgehead atoms. The molecule has 2 aromatic rings. The zero-order valence-corrected chi connectivity index (χ0v) is 12.2. The molecule has 5 nitrogen and oxygen atoms in total. The number of methoxy groups -OCH3 is 2. The smallest absolute Gasteiger partial charge is 0.268 e. The van der Waals surface area contributed by atoms with Crippen molar-refractivity contribution in [2.45, 2.75) is 13.5 Å². The molecule has 1 heterocycles. The van der Waals surface area contributed by atoms with Crippen LogP contribution in [-0.4, -0.2) is 18.8 Å². The molecule has 0 fully saturated rings. The number of rotatable bonds is 4. The van der Waals surface area contributed by atoms with E-state index in [4.69, 9.17) is 14.7 Å². The van der Waals surface area contributed by atoms with Crippen LogP contribution in [0, 0.1) is 11.3 Å². The number of aromatic nitrogens is 1. The molecule has 0 spiro atoms.